The van der Waals surface area contributed by atoms with Crippen LogP contribution in [0.15, 0.2) is 18.2 Å². The number of hydrogen-bond acceptors (Lipinski definition) is 3. The average Bonchev–Trinajstić information content (AvgIpc) is 2.79. The molecule has 1 saturated heterocycles. The molecular formula is C19H30N2O2. The third-order valence-electron chi connectivity index (χ3n) is 4.44. The molecule has 1 heterocycles. The second-order valence-electron chi connectivity index (χ2n) is 6.58. The molecule has 1 fully saturated rings. The molecule has 0 saturated carbocycles. The highest BCUT2D eigenvalue weighted by atomic mass is 16.5. The van der Waals surface area contributed by atoms with Crippen molar-refractivity contribution in [3.8, 4) is 5.75 Å². The summed E-state index contributed by atoms with van der Waals surface area (Å²) >= 11 is 0. The third-order valence-corrected chi connectivity index (χ3v) is 4.44. The highest BCUT2D eigenvalue weighted by Crippen LogP contribution is 2.20. The lowest BCUT2D eigenvalue weighted by Gasteiger charge is -2.21. The Hall–Kier alpha value is -1.55. The molecule has 128 valence electrons. The molecule has 0 radical (unpaired) electrons. The summed E-state index contributed by atoms with van der Waals surface area (Å²) in [4.78, 5) is 14.6. The van der Waals surface area contributed by atoms with Gasteiger partial charge < -0.3 is 15.0 Å². The Morgan fingerprint density at radius 2 is 1.91 bits per heavy atom. The van der Waals surface area contributed by atoms with Crippen LogP contribution in [-0.2, 0) is 4.79 Å². The summed E-state index contributed by atoms with van der Waals surface area (Å²) in [6.45, 7) is 9.77. The van der Waals surface area contributed by atoms with E-state index >= 15 is 0 Å². The predicted octanol–water partition coefficient (Wildman–Crippen LogP) is 3.06. The minimum Gasteiger partial charge on any atom is -0.481 e. The average molecular weight is 318 g/mol. The number of carbonyl (C=O) groups excluding carboxylic acids is 1. The molecule has 1 atom stereocenters. The van der Waals surface area contributed by atoms with Crippen molar-refractivity contribution in [2.24, 2.45) is 0 Å². The molecular weight excluding hydrogens is 288 g/mol. The molecule has 4 nitrogen and oxygen atoms in total. The highest BCUT2D eigenvalue weighted by molar-refractivity contribution is 5.80. The Morgan fingerprint density at radius 3 is 2.61 bits per heavy atom. The fourth-order valence-electron chi connectivity index (χ4n) is 2.92. The van der Waals surface area contributed by atoms with Crippen LogP contribution in [0, 0.1) is 13.8 Å². The van der Waals surface area contributed by atoms with Gasteiger partial charge >= 0.3 is 0 Å². The summed E-state index contributed by atoms with van der Waals surface area (Å²) < 4.78 is 5.82. The number of aryl methyl sites for hydroxylation is 2. The van der Waals surface area contributed by atoms with Crippen LogP contribution >= 0.6 is 0 Å². The summed E-state index contributed by atoms with van der Waals surface area (Å²) in [6, 6.07) is 6.05. The first kappa shape index (κ1) is 17.8. The van der Waals surface area contributed by atoms with Crippen molar-refractivity contribution < 1.29 is 9.53 Å². The maximum Gasteiger partial charge on any atom is 0.260 e. The molecule has 0 bridgehead atoms. The zero-order valence-electron chi connectivity index (χ0n) is 14.7. The number of benzene rings is 1. The fourth-order valence-corrected chi connectivity index (χ4v) is 2.92. The van der Waals surface area contributed by atoms with Gasteiger partial charge in [-0.2, -0.15) is 0 Å². The SMILES string of the molecule is Cc1ccc(C)c(OC(C)C(=O)NCCN2CCCCCC2)c1. The predicted molar refractivity (Wildman–Crippen MR) is 93.9 cm³/mol. The van der Waals surface area contributed by atoms with Gasteiger partial charge in [-0.25, -0.2) is 0 Å². The van der Waals surface area contributed by atoms with Crippen molar-refractivity contribution in [3.63, 3.8) is 0 Å². The minimum absolute atomic E-state index is 0.0410. The molecule has 1 aliphatic rings. The van der Waals surface area contributed by atoms with Crippen LogP contribution in [0.5, 0.6) is 5.75 Å². The van der Waals surface area contributed by atoms with Crippen LogP contribution in [0.25, 0.3) is 0 Å². The Kier molecular flexibility index (Phi) is 6.90. The smallest absolute Gasteiger partial charge is 0.260 e. The zero-order chi connectivity index (χ0) is 16.7. The summed E-state index contributed by atoms with van der Waals surface area (Å²) in [6.07, 6.45) is 4.76. The van der Waals surface area contributed by atoms with Crippen molar-refractivity contribution in [2.45, 2.75) is 52.6 Å². The van der Waals surface area contributed by atoms with Gasteiger partial charge in [0.2, 0.25) is 0 Å². The number of nitrogens with one attached hydrogen (secondary N) is 1. The monoisotopic (exact) mass is 318 g/mol. The van der Waals surface area contributed by atoms with Crippen molar-refractivity contribution in [2.75, 3.05) is 26.2 Å². The number of carbonyl (C=O) groups is 1. The molecule has 1 aromatic rings. The molecule has 23 heavy (non-hydrogen) atoms. The van der Waals surface area contributed by atoms with E-state index in [1.165, 1.54) is 25.7 Å². The Morgan fingerprint density at radius 1 is 1.22 bits per heavy atom. The third kappa shape index (κ3) is 5.87. The van der Waals surface area contributed by atoms with Gasteiger partial charge in [-0.05, 0) is 63.9 Å². The lowest BCUT2D eigenvalue weighted by Crippen LogP contribution is -2.41. The van der Waals surface area contributed by atoms with Crippen molar-refractivity contribution >= 4 is 5.91 Å². The summed E-state index contributed by atoms with van der Waals surface area (Å²) in [5.41, 5.74) is 2.19. The van der Waals surface area contributed by atoms with Crippen LogP contribution in [0.2, 0.25) is 0 Å². The quantitative estimate of drug-likeness (QED) is 0.876. The second kappa shape index (κ2) is 8.92. The highest BCUT2D eigenvalue weighted by Gasteiger charge is 2.16. The van der Waals surface area contributed by atoms with Crippen molar-refractivity contribution in [1.82, 2.24) is 10.2 Å². The first-order valence-corrected chi connectivity index (χ1v) is 8.80. The minimum atomic E-state index is -0.473. The maximum atomic E-state index is 12.2. The molecule has 4 heteroatoms. The largest absolute Gasteiger partial charge is 0.481 e. The van der Waals surface area contributed by atoms with Crippen molar-refractivity contribution in [1.29, 1.82) is 0 Å². The van der Waals surface area contributed by atoms with E-state index in [0.29, 0.717) is 6.54 Å². The lowest BCUT2D eigenvalue weighted by atomic mass is 10.1. The topological polar surface area (TPSA) is 41.6 Å². The maximum absolute atomic E-state index is 12.2. The van der Waals surface area contributed by atoms with Crippen LogP contribution < -0.4 is 10.1 Å². The number of ether oxygens (including phenoxy) is 1. The number of likely N-dealkylation sites (tertiary alicyclic amines) is 1. The molecule has 2 rings (SSSR count). The molecule has 0 aromatic heterocycles. The van der Waals surface area contributed by atoms with E-state index in [9.17, 15) is 4.79 Å². The van der Waals surface area contributed by atoms with Gasteiger partial charge in [0, 0.05) is 13.1 Å². The van der Waals surface area contributed by atoms with Crippen molar-refractivity contribution in [3.05, 3.63) is 29.3 Å². The van der Waals surface area contributed by atoms with Crippen LogP contribution in [0.3, 0.4) is 0 Å². The van der Waals surface area contributed by atoms with E-state index < -0.39 is 6.10 Å². The fraction of sp³-hybridized carbons (Fsp3) is 0.632. The number of nitrogens with zero attached hydrogens (tertiary/aromatic N) is 1. The van der Waals surface area contributed by atoms with Gasteiger partial charge in [-0.1, -0.05) is 25.0 Å². The van der Waals surface area contributed by atoms with Gasteiger partial charge in [-0.3, -0.25) is 4.79 Å². The first-order chi connectivity index (χ1) is 11.1. The molecule has 1 aromatic carbocycles. The van der Waals surface area contributed by atoms with Crippen LogP contribution in [-0.4, -0.2) is 43.1 Å². The Balaban J connectivity index is 1.75. The molecule has 1 amide bonds. The van der Waals surface area contributed by atoms with Crippen LogP contribution in [0.4, 0.5) is 0 Å². The van der Waals surface area contributed by atoms with E-state index in [0.717, 1.165) is 36.5 Å². The molecule has 0 aliphatic carbocycles. The van der Waals surface area contributed by atoms with Gasteiger partial charge in [0.25, 0.3) is 5.91 Å². The normalized spacial score (nSPS) is 17.3. The molecule has 0 spiro atoms. The van der Waals surface area contributed by atoms with Gasteiger partial charge in [-0.15, -0.1) is 0 Å². The molecule has 1 unspecified atom stereocenters. The summed E-state index contributed by atoms with van der Waals surface area (Å²) in [5, 5.41) is 3.00. The van der Waals surface area contributed by atoms with Crippen LogP contribution in [0.1, 0.15) is 43.7 Å². The van der Waals surface area contributed by atoms with E-state index in [-0.39, 0.29) is 5.91 Å². The second-order valence-corrected chi connectivity index (χ2v) is 6.58. The Labute approximate surface area is 140 Å². The number of hydrogen-bond donors (Lipinski definition) is 1. The number of rotatable bonds is 6. The lowest BCUT2D eigenvalue weighted by molar-refractivity contribution is -0.127. The van der Waals surface area contributed by atoms with E-state index in [2.05, 4.69) is 10.2 Å². The summed E-state index contributed by atoms with van der Waals surface area (Å²) in [7, 11) is 0. The standard InChI is InChI=1S/C19H30N2O2/c1-15-8-9-16(2)18(14-15)23-17(3)19(22)20-10-13-21-11-6-4-5-7-12-21/h8-9,14,17H,4-7,10-13H2,1-3H3,(H,20,22). The van der Waals surface area contributed by atoms with E-state index in [1.807, 2.05) is 39.0 Å². The summed E-state index contributed by atoms with van der Waals surface area (Å²) in [5.74, 6) is 0.751. The zero-order valence-corrected chi connectivity index (χ0v) is 14.7. The first-order valence-electron chi connectivity index (χ1n) is 8.80. The van der Waals surface area contributed by atoms with Gasteiger partial charge in [0.15, 0.2) is 6.10 Å². The van der Waals surface area contributed by atoms with E-state index in [1.54, 1.807) is 0 Å². The van der Waals surface area contributed by atoms with Gasteiger partial charge in [0.1, 0.15) is 5.75 Å². The molecule has 1 aliphatic heterocycles. The molecule has 1 N–H and O–H groups in total. The van der Waals surface area contributed by atoms with Gasteiger partial charge in [0.05, 0.1) is 0 Å². The van der Waals surface area contributed by atoms with E-state index in [4.69, 9.17) is 4.74 Å². The Bertz CT molecular complexity index is 508. The number of amides is 1.